The Hall–Kier alpha value is -2.81. The van der Waals surface area contributed by atoms with Gasteiger partial charge in [-0.25, -0.2) is 0 Å². The molecule has 2 N–H and O–H groups in total. The van der Waals surface area contributed by atoms with Gasteiger partial charge in [-0.1, -0.05) is 36.4 Å². The number of ketones is 1. The number of hydrogen-bond donors (Lipinski definition) is 1. The number of rotatable bonds is 4. The fraction of sp³-hybridized carbons (Fsp3) is 0.150. The van der Waals surface area contributed by atoms with Crippen LogP contribution in [0.2, 0.25) is 0 Å². The molecule has 0 bridgehead atoms. The molecule has 3 heteroatoms. The first-order valence-corrected chi connectivity index (χ1v) is 7.65. The van der Waals surface area contributed by atoms with Crippen molar-refractivity contribution < 1.29 is 9.53 Å². The third kappa shape index (κ3) is 2.90. The molecular formula is C20H19NO2. The van der Waals surface area contributed by atoms with Crippen LogP contribution in [0.15, 0.2) is 60.7 Å². The zero-order valence-electron chi connectivity index (χ0n) is 13.2. The molecule has 116 valence electrons. The van der Waals surface area contributed by atoms with Gasteiger partial charge >= 0.3 is 0 Å². The summed E-state index contributed by atoms with van der Waals surface area (Å²) in [5, 5.41) is 1.81. The van der Waals surface area contributed by atoms with Gasteiger partial charge in [0, 0.05) is 22.2 Å². The van der Waals surface area contributed by atoms with Crippen LogP contribution in [0.3, 0.4) is 0 Å². The van der Waals surface area contributed by atoms with Crippen molar-refractivity contribution in [2.75, 3.05) is 5.73 Å². The fourth-order valence-corrected chi connectivity index (χ4v) is 2.68. The van der Waals surface area contributed by atoms with Crippen molar-refractivity contribution in [3.63, 3.8) is 0 Å². The van der Waals surface area contributed by atoms with Gasteiger partial charge in [-0.2, -0.15) is 0 Å². The Morgan fingerprint density at radius 3 is 2.22 bits per heavy atom. The van der Waals surface area contributed by atoms with Crippen molar-refractivity contribution in [2.45, 2.75) is 20.0 Å². The number of anilines is 1. The molecule has 23 heavy (non-hydrogen) atoms. The molecule has 0 unspecified atom stereocenters. The van der Waals surface area contributed by atoms with E-state index in [4.69, 9.17) is 10.5 Å². The van der Waals surface area contributed by atoms with Crippen LogP contribution >= 0.6 is 0 Å². The van der Waals surface area contributed by atoms with Gasteiger partial charge in [-0.15, -0.1) is 0 Å². The summed E-state index contributed by atoms with van der Waals surface area (Å²) >= 11 is 0. The lowest BCUT2D eigenvalue weighted by Crippen LogP contribution is -2.08. The number of nitrogen functional groups attached to an aromatic ring is 1. The Morgan fingerprint density at radius 1 is 0.870 bits per heavy atom. The van der Waals surface area contributed by atoms with Crippen LogP contribution in [0.5, 0.6) is 5.75 Å². The number of fused-ring (bicyclic) bond motifs is 1. The Labute approximate surface area is 135 Å². The van der Waals surface area contributed by atoms with E-state index in [2.05, 4.69) is 0 Å². The lowest BCUT2D eigenvalue weighted by molar-refractivity contribution is 0.104. The third-order valence-electron chi connectivity index (χ3n) is 3.70. The minimum atomic E-state index is -0.0737. The highest BCUT2D eigenvalue weighted by atomic mass is 16.5. The number of benzene rings is 3. The highest BCUT2D eigenvalue weighted by Gasteiger charge is 2.16. The molecule has 0 aliphatic carbocycles. The molecule has 3 aromatic rings. The van der Waals surface area contributed by atoms with Gasteiger partial charge in [0.15, 0.2) is 5.78 Å². The summed E-state index contributed by atoms with van der Waals surface area (Å²) in [5.74, 6) is 0.712. The Balaban J connectivity index is 2.16. The molecule has 0 heterocycles. The first-order valence-electron chi connectivity index (χ1n) is 7.65. The van der Waals surface area contributed by atoms with E-state index in [1.807, 2.05) is 62.4 Å². The molecular weight excluding hydrogens is 286 g/mol. The number of para-hydroxylation sites is 1. The Kier molecular flexibility index (Phi) is 4.02. The number of carbonyl (C=O) groups is 1. The average molecular weight is 305 g/mol. The maximum Gasteiger partial charge on any atom is 0.195 e. The van der Waals surface area contributed by atoms with Crippen molar-refractivity contribution in [2.24, 2.45) is 0 Å². The summed E-state index contributed by atoms with van der Waals surface area (Å²) in [7, 11) is 0. The summed E-state index contributed by atoms with van der Waals surface area (Å²) in [4.78, 5) is 12.9. The second-order valence-electron chi connectivity index (χ2n) is 5.74. The molecule has 0 atom stereocenters. The summed E-state index contributed by atoms with van der Waals surface area (Å²) in [5.41, 5.74) is 7.60. The third-order valence-corrected chi connectivity index (χ3v) is 3.70. The minimum absolute atomic E-state index is 0.0737. The standard InChI is InChI=1S/C20H19NO2/c1-13(2)23-19-12-11-16(14-7-3-4-8-15(14)19)20(22)17-9-5-6-10-18(17)21/h3-13H,21H2,1-2H3. The van der Waals surface area contributed by atoms with Crippen LogP contribution in [-0.2, 0) is 0 Å². The second kappa shape index (κ2) is 6.13. The van der Waals surface area contributed by atoms with E-state index in [1.165, 1.54) is 0 Å². The molecule has 0 aliphatic heterocycles. The van der Waals surface area contributed by atoms with Gasteiger partial charge in [0.05, 0.1) is 6.10 Å². The highest BCUT2D eigenvalue weighted by molar-refractivity contribution is 6.19. The largest absolute Gasteiger partial charge is 0.490 e. The van der Waals surface area contributed by atoms with E-state index in [-0.39, 0.29) is 11.9 Å². The molecule has 0 aliphatic rings. The van der Waals surface area contributed by atoms with Crippen LogP contribution in [-0.4, -0.2) is 11.9 Å². The normalized spacial score (nSPS) is 10.9. The van der Waals surface area contributed by atoms with E-state index < -0.39 is 0 Å². The number of carbonyl (C=O) groups excluding carboxylic acids is 1. The van der Waals surface area contributed by atoms with Crippen LogP contribution in [0, 0.1) is 0 Å². The van der Waals surface area contributed by atoms with Gasteiger partial charge in [0.1, 0.15) is 5.75 Å². The lowest BCUT2D eigenvalue weighted by Gasteiger charge is -2.14. The van der Waals surface area contributed by atoms with Gasteiger partial charge in [0.25, 0.3) is 0 Å². The highest BCUT2D eigenvalue weighted by Crippen LogP contribution is 2.31. The van der Waals surface area contributed by atoms with E-state index in [9.17, 15) is 4.79 Å². The molecule has 0 aromatic heterocycles. The first kappa shape index (κ1) is 15.1. The molecule has 3 nitrogen and oxygen atoms in total. The van der Waals surface area contributed by atoms with Crippen LogP contribution < -0.4 is 10.5 Å². The van der Waals surface area contributed by atoms with Crippen molar-refractivity contribution in [3.05, 3.63) is 71.8 Å². The predicted octanol–water partition coefficient (Wildman–Crippen LogP) is 4.44. The Morgan fingerprint density at radius 2 is 1.52 bits per heavy atom. The molecule has 3 aromatic carbocycles. The summed E-state index contributed by atoms with van der Waals surface area (Å²) in [6.07, 6.45) is 0.0738. The zero-order chi connectivity index (χ0) is 16.4. The summed E-state index contributed by atoms with van der Waals surface area (Å²) in [6.45, 7) is 3.97. The number of nitrogens with two attached hydrogens (primary N) is 1. The second-order valence-corrected chi connectivity index (χ2v) is 5.74. The molecule has 0 saturated heterocycles. The van der Waals surface area contributed by atoms with E-state index in [0.717, 1.165) is 16.5 Å². The average Bonchev–Trinajstić information content (AvgIpc) is 2.54. The molecule has 0 spiro atoms. The van der Waals surface area contributed by atoms with Gasteiger partial charge < -0.3 is 10.5 Å². The molecule has 0 saturated carbocycles. The van der Waals surface area contributed by atoms with Crippen molar-refractivity contribution in [3.8, 4) is 5.75 Å². The fourth-order valence-electron chi connectivity index (χ4n) is 2.68. The maximum atomic E-state index is 12.9. The quantitative estimate of drug-likeness (QED) is 0.572. The smallest absolute Gasteiger partial charge is 0.195 e. The SMILES string of the molecule is CC(C)Oc1ccc(C(=O)c2ccccc2N)c2ccccc12. The summed E-state index contributed by atoms with van der Waals surface area (Å²) in [6, 6.07) is 18.6. The molecule has 3 rings (SSSR count). The van der Waals surface area contributed by atoms with Crippen molar-refractivity contribution in [1.82, 2.24) is 0 Å². The van der Waals surface area contributed by atoms with E-state index in [1.54, 1.807) is 12.1 Å². The Bertz CT molecular complexity index is 868. The van der Waals surface area contributed by atoms with Gasteiger partial charge in [0.2, 0.25) is 0 Å². The lowest BCUT2D eigenvalue weighted by atomic mass is 9.96. The molecule has 0 fully saturated rings. The molecule has 0 amide bonds. The number of ether oxygens (including phenoxy) is 1. The zero-order valence-corrected chi connectivity index (χ0v) is 13.2. The van der Waals surface area contributed by atoms with Crippen LogP contribution in [0.4, 0.5) is 5.69 Å². The monoisotopic (exact) mass is 305 g/mol. The maximum absolute atomic E-state index is 12.9. The minimum Gasteiger partial charge on any atom is -0.490 e. The first-order chi connectivity index (χ1) is 11.1. The number of hydrogen-bond acceptors (Lipinski definition) is 3. The van der Waals surface area contributed by atoms with Crippen LogP contribution in [0.1, 0.15) is 29.8 Å². The van der Waals surface area contributed by atoms with Crippen LogP contribution in [0.25, 0.3) is 10.8 Å². The summed E-state index contributed by atoms with van der Waals surface area (Å²) < 4.78 is 5.86. The predicted molar refractivity (Wildman–Crippen MR) is 94.0 cm³/mol. The van der Waals surface area contributed by atoms with Gasteiger partial charge in [-0.05, 0) is 43.5 Å². The topological polar surface area (TPSA) is 52.3 Å². The van der Waals surface area contributed by atoms with E-state index in [0.29, 0.717) is 16.8 Å². The van der Waals surface area contributed by atoms with Gasteiger partial charge in [-0.3, -0.25) is 4.79 Å². The van der Waals surface area contributed by atoms with E-state index >= 15 is 0 Å². The molecule has 0 radical (unpaired) electrons. The van der Waals surface area contributed by atoms with Crippen molar-refractivity contribution >= 4 is 22.2 Å². The van der Waals surface area contributed by atoms with Crippen molar-refractivity contribution in [1.29, 1.82) is 0 Å².